The van der Waals surface area contributed by atoms with Crippen LogP contribution in [0.1, 0.15) is 108 Å². The van der Waals surface area contributed by atoms with Gasteiger partial charge in [-0.25, -0.2) is 4.39 Å². The lowest BCUT2D eigenvalue weighted by Crippen LogP contribution is -2.35. The Bertz CT molecular complexity index is 869. The first-order valence-corrected chi connectivity index (χ1v) is 15.4. The fourth-order valence-electron chi connectivity index (χ4n) is 8.45. The second-order valence-electron chi connectivity index (χ2n) is 12.6. The SMILES string of the molecule is C=CC1CCC(C2CCC(C3CCC(C4CCC(c5ccc(OCC)c(F)c5F)CO4)CC3)CC2)CC1. The molecule has 0 spiro atoms. The summed E-state index contributed by atoms with van der Waals surface area (Å²) in [4.78, 5) is 0. The zero-order valence-electron chi connectivity index (χ0n) is 22.9. The molecule has 4 heteroatoms. The molecule has 1 aliphatic heterocycles. The van der Waals surface area contributed by atoms with Crippen molar-refractivity contribution in [3.8, 4) is 5.75 Å². The molecule has 5 rings (SSSR count). The molecule has 0 aromatic heterocycles. The highest BCUT2D eigenvalue weighted by molar-refractivity contribution is 5.33. The number of benzene rings is 1. The van der Waals surface area contributed by atoms with Gasteiger partial charge in [-0.3, -0.25) is 0 Å². The summed E-state index contributed by atoms with van der Waals surface area (Å²) >= 11 is 0. The first kappa shape index (κ1) is 27.2. The second-order valence-corrected chi connectivity index (χ2v) is 12.6. The van der Waals surface area contributed by atoms with Crippen LogP contribution in [-0.4, -0.2) is 19.3 Å². The molecule has 3 saturated carbocycles. The zero-order valence-corrected chi connectivity index (χ0v) is 22.9. The maximum atomic E-state index is 14.7. The Kier molecular flexibility index (Phi) is 9.27. The van der Waals surface area contributed by atoms with Gasteiger partial charge in [-0.15, -0.1) is 6.58 Å². The van der Waals surface area contributed by atoms with E-state index in [1.54, 1.807) is 19.1 Å². The maximum absolute atomic E-state index is 14.7. The zero-order chi connectivity index (χ0) is 25.8. The Morgan fingerprint density at radius 1 is 0.757 bits per heavy atom. The van der Waals surface area contributed by atoms with Crippen molar-refractivity contribution in [2.24, 2.45) is 35.5 Å². The minimum atomic E-state index is -0.867. The van der Waals surface area contributed by atoms with Gasteiger partial charge in [-0.2, -0.15) is 4.39 Å². The summed E-state index contributed by atoms with van der Waals surface area (Å²) in [5.41, 5.74) is 0.437. The van der Waals surface area contributed by atoms with E-state index < -0.39 is 11.6 Å². The van der Waals surface area contributed by atoms with Crippen molar-refractivity contribution in [3.63, 3.8) is 0 Å². The van der Waals surface area contributed by atoms with Crippen molar-refractivity contribution in [2.75, 3.05) is 13.2 Å². The van der Waals surface area contributed by atoms with Crippen LogP contribution in [0.15, 0.2) is 24.8 Å². The van der Waals surface area contributed by atoms with E-state index >= 15 is 0 Å². The van der Waals surface area contributed by atoms with Crippen LogP contribution in [0.2, 0.25) is 0 Å². The predicted molar refractivity (Wildman–Crippen MR) is 146 cm³/mol. The minimum absolute atomic E-state index is 0.000699. The van der Waals surface area contributed by atoms with Crippen LogP contribution < -0.4 is 4.74 Å². The van der Waals surface area contributed by atoms with E-state index in [-0.39, 0.29) is 17.8 Å². The van der Waals surface area contributed by atoms with Gasteiger partial charge in [-0.1, -0.05) is 12.1 Å². The molecule has 0 N–H and O–H groups in total. The van der Waals surface area contributed by atoms with Crippen molar-refractivity contribution < 1.29 is 18.3 Å². The molecule has 1 heterocycles. The molecule has 37 heavy (non-hydrogen) atoms. The molecule has 2 atom stereocenters. The molecule has 0 radical (unpaired) electrons. The Hall–Kier alpha value is -1.42. The molecule has 2 unspecified atom stereocenters. The van der Waals surface area contributed by atoms with Gasteiger partial charge in [-0.05, 0) is 144 Å². The van der Waals surface area contributed by atoms with E-state index in [9.17, 15) is 8.78 Å². The molecule has 1 saturated heterocycles. The minimum Gasteiger partial charge on any atom is -0.491 e. The molecule has 1 aromatic rings. The van der Waals surface area contributed by atoms with Gasteiger partial charge in [0.05, 0.1) is 19.3 Å². The number of hydrogen-bond acceptors (Lipinski definition) is 2. The van der Waals surface area contributed by atoms with Crippen LogP contribution in [0.4, 0.5) is 8.78 Å². The lowest BCUT2D eigenvalue weighted by Gasteiger charge is -2.43. The lowest BCUT2D eigenvalue weighted by atomic mass is 9.64. The quantitative estimate of drug-likeness (QED) is 0.338. The molecule has 3 aliphatic carbocycles. The van der Waals surface area contributed by atoms with Gasteiger partial charge in [0.1, 0.15) is 0 Å². The second kappa shape index (κ2) is 12.6. The van der Waals surface area contributed by atoms with E-state index in [4.69, 9.17) is 9.47 Å². The monoisotopic (exact) mass is 514 g/mol. The van der Waals surface area contributed by atoms with E-state index in [0.29, 0.717) is 24.7 Å². The number of halogens is 2. The van der Waals surface area contributed by atoms with E-state index in [1.165, 1.54) is 77.0 Å². The fourth-order valence-corrected chi connectivity index (χ4v) is 8.45. The third-order valence-corrected chi connectivity index (χ3v) is 10.8. The summed E-state index contributed by atoms with van der Waals surface area (Å²) in [5, 5.41) is 0. The molecule has 0 bridgehead atoms. The average Bonchev–Trinajstić information content (AvgIpc) is 2.96. The van der Waals surface area contributed by atoms with Gasteiger partial charge < -0.3 is 9.47 Å². The first-order valence-electron chi connectivity index (χ1n) is 15.4. The molecular formula is C33H48F2O2. The van der Waals surface area contributed by atoms with Crippen LogP contribution in [0, 0.1) is 47.1 Å². The topological polar surface area (TPSA) is 18.5 Å². The highest BCUT2D eigenvalue weighted by atomic mass is 19.2. The van der Waals surface area contributed by atoms with Crippen LogP contribution in [0.25, 0.3) is 0 Å². The van der Waals surface area contributed by atoms with Crippen molar-refractivity contribution >= 4 is 0 Å². The molecule has 2 nitrogen and oxygen atoms in total. The first-order chi connectivity index (χ1) is 18.1. The molecule has 0 amide bonds. The number of ether oxygens (including phenoxy) is 2. The normalized spacial score (nSPS) is 37.2. The maximum Gasteiger partial charge on any atom is 0.200 e. The van der Waals surface area contributed by atoms with Crippen LogP contribution >= 0.6 is 0 Å². The number of hydrogen-bond donors (Lipinski definition) is 0. The van der Waals surface area contributed by atoms with Crippen LogP contribution in [-0.2, 0) is 4.74 Å². The van der Waals surface area contributed by atoms with Gasteiger partial charge in [0.2, 0.25) is 5.82 Å². The molecule has 206 valence electrons. The van der Waals surface area contributed by atoms with E-state index in [2.05, 4.69) is 12.7 Å². The largest absolute Gasteiger partial charge is 0.491 e. The van der Waals surface area contributed by atoms with Crippen molar-refractivity contribution in [2.45, 2.75) is 109 Å². The molecule has 1 aromatic carbocycles. The average molecular weight is 515 g/mol. The fraction of sp³-hybridized carbons (Fsp3) is 0.758. The Balaban J connectivity index is 1.04. The highest BCUT2D eigenvalue weighted by Crippen LogP contribution is 2.47. The summed E-state index contributed by atoms with van der Waals surface area (Å²) in [6, 6.07) is 3.25. The smallest absolute Gasteiger partial charge is 0.200 e. The van der Waals surface area contributed by atoms with Crippen LogP contribution in [0.5, 0.6) is 5.75 Å². The van der Waals surface area contributed by atoms with Crippen molar-refractivity contribution in [1.82, 2.24) is 0 Å². The van der Waals surface area contributed by atoms with Gasteiger partial charge in [0.15, 0.2) is 11.6 Å². The summed E-state index contributed by atoms with van der Waals surface area (Å²) < 4.78 is 40.6. The third-order valence-electron chi connectivity index (χ3n) is 10.8. The summed E-state index contributed by atoms with van der Waals surface area (Å²) in [6.45, 7) is 6.60. The summed E-state index contributed by atoms with van der Waals surface area (Å²) in [6.07, 6.45) is 21.0. The van der Waals surface area contributed by atoms with Gasteiger partial charge >= 0.3 is 0 Å². The Morgan fingerprint density at radius 3 is 1.78 bits per heavy atom. The number of rotatable bonds is 7. The number of allylic oxidation sites excluding steroid dienone is 1. The summed E-state index contributed by atoms with van der Waals surface area (Å²) in [7, 11) is 0. The van der Waals surface area contributed by atoms with Crippen molar-refractivity contribution in [1.29, 1.82) is 0 Å². The molecule has 4 aliphatic rings. The highest BCUT2D eigenvalue weighted by Gasteiger charge is 2.37. The Labute approximate surface area is 223 Å². The predicted octanol–water partition coefficient (Wildman–Crippen LogP) is 9.23. The van der Waals surface area contributed by atoms with E-state index in [0.717, 1.165) is 42.4 Å². The standard InChI is InChI=1S/C33H48F2O2/c1-3-22-5-7-23(8-6-22)24-9-11-25(12-10-24)26-13-15-27(16-14-26)30-19-17-28(21-37-30)29-18-20-31(36-4-2)33(35)32(29)34/h3,18,20,22-28,30H,1,4-17,19,21H2,2H3. The molecule has 4 fully saturated rings. The lowest BCUT2D eigenvalue weighted by molar-refractivity contribution is -0.0471. The van der Waals surface area contributed by atoms with Crippen LogP contribution in [0.3, 0.4) is 0 Å². The summed E-state index contributed by atoms with van der Waals surface area (Å²) in [5.74, 6) is 3.52. The van der Waals surface area contributed by atoms with Gasteiger partial charge in [0, 0.05) is 5.92 Å². The van der Waals surface area contributed by atoms with Gasteiger partial charge in [0.25, 0.3) is 0 Å². The Morgan fingerprint density at radius 2 is 1.30 bits per heavy atom. The van der Waals surface area contributed by atoms with E-state index in [1.807, 2.05) is 0 Å². The van der Waals surface area contributed by atoms with Crippen molar-refractivity contribution in [3.05, 3.63) is 42.0 Å². The molecular weight excluding hydrogens is 466 g/mol. The third kappa shape index (κ3) is 6.26.